The smallest absolute Gasteiger partial charge is 0.255 e. The summed E-state index contributed by atoms with van der Waals surface area (Å²) >= 11 is 1.43. The predicted molar refractivity (Wildman–Crippen MR) is 61.3 cm³/mol. The lowest BCUT2D eigenvalue weighted by atomic mass is 10.2. The van der Waals surface area contributed by atoms with Crippen LogP contribution in [0.4, 0.5) is 13.9 Å². The minimum absolute atomic E-state index is 0.276. The summed E-state index contributed by atoms with van der Waals surface area (Å²) < 4.78 is 24.5. The zero-order valence-electron chi connectivity index (χ0n) is 9.12. The Kier molecular flexibility index (Phi) is 3.39. The fourth-order valence-electron chi connectivity index (χ4n) is 1.62. The van der Waals surface area contributed by atoms with Crippen molar-refractivity contribution in [3.05, 3.63) is 10.6 Å². The van der Waals surface area contributed by atoms with Crippen molar-refractivity contribution >= 4 is 16.5 Å². The van der Waals surface area contributed by atoms with E-state index in [2.05, 4.69) is 4.98 Å². The number of anilines is 1. The number of aromatic nitrogens is 1. The second kappa shape index (κ2) is 4.63. The first kappa shape index (κ1) is 11.7. The minimum atomic E-state index is -2.33. The molecule has 1 aliphatic rings. The van der Waals surface area contributed by atoms with Crippen LogP contribution in [-0.2, 0) is 6.54 Å². The number of rotatable bonds is 5. The Bertz CT molecular complexity index is 363. The SMILES string of the molecule is CN(CC(F)F)c1nc(C2CC2)c(CN)s1. The van der Waals surface area contributed by atoms with E-state index in [9.17, 15) is 8.78 Å². The Balaban J connectivity index is 2.14. The van der Waals surface area contributed by atoms with Gasteiger partial charge in [0.15, 0.2) is 5.13 Å². The van der Waals surface area contributed by atoms with Gasteiger partial charge in [-0.3, -0.25) is 0 Å². The molecular weight excluding hydrogens is 232 g/mol. The highest BCUT2D eigenvalue weighted by molar-refractivity contribution is 7.15. The maximum absolute atomic E-state index is 12.2. The zero-order chi connectivity index (χ0) is 11.7. The van der Waals surface area contributed by atoms with Gasteiger partial charge in [-0.2, -0.15) is 0 Å². The summed E-state index contributed by atoms with van der Waals surface area (Å²) in [7, 11) is 1.64. The van der Waals surface area contributed by atoms with E-state index in [1.54, 1.807) is 7.05 Å². The average molecular weight is 247 g/mol. The normalized spacial score (nSPS) is 15.8. The van der Waals surface area contributed by atoms with Gasteiger partial charge in [0.25, 0.3) is 6.43 Å². The van der Waals surface area contributed by atoms with E-state index in [-0.39, 0.29) is 6.54 Å². The van der Waals surface area contributed by atoms with Crippen LogP contribution in [0.3, 0.4) is 0 Å². The van der Waals surface area contributed by atoms with Crippen LogP contribution < -0.4 is 10.6 Å². The van der Waals surface area contributed by atoms with Crippen LogP contribution in [-0.4, -0.2) is 25.0 Å². The summed E-state index contributed by atoms with van der Waals surface area (Å²) in [6, 6.07) is 0. The first-order valence-electron chi connectivity index (χ1n) is 5.30. The predicted octanol–water partition coefficient (Wildman–Crippen LogP) is 2.18. The van der Waals surface area contributed by atoms with Crippen molar-refractivity contribution in [2.75, 3.05) is 18.5 Å². The van der Waals surface area contributed by atoms with Crippen LogP contribution in [0, 0.1) is 0 Å². The largest absolute Gasteiger partial charge is 0.345 e. The number of nitrogens with zero attached hydrogens (tertiary/aromatic N) is 2. The van der Waals surface area contributed by atoms with Crippen LogP contribution in [0.1, 0.15) is 29.3 Å². The Morgan fingerprint density at radius 1 is 1.56 bits per heavy atom. The van der Waals surface area contributed by atoms with E-state index in [0.29, 0.717) is 17.6 Å². The highest BCUT2D eigenvalue weighted by atomic mass is 32.1. The molecule has 0 unspecified atom stereocenters. The fourth-order valence-corrected chi connectivity index (χ4v) is 2.62. The van der Waals surface area contributed by atoms with E-state index in [1.807, 2.05) is 0 Å². The van der Waals surface area contributed by atoms with Crippen LogP contribution in [0.25, 0.3) is 0 Å². The Hall–Kier alpha value is -0.750. The lowest BCUT2D eigenvalue weighted by molar-refractivity contribution is 0.156. The molecule has 0 radical (unpaired) electrons. The second-order valence-corrected chi connectivity index (χ2v) is 5.12. The highest BCUT2D eigenvalue weighted by Gasteiger charge is 2.29. The minimum Gasteiger partial charge on any atom is -0.345 e. The third-order valence-corrected chi connectivity index (χ3v) is 3.81. The average Bonchev–Trinajstić information content (AvgIpc) is 2.96. The molecule has 2 N–H and O–H groups in total. The molecule has 0 aromatic carbocycles. The highest BCUT2D eigenvalue weighted by Crippen LogP contribution is 2.43. The van der Waals surface area contributed by atoms with Gasteiger partial charge in [0.05, 0.1) is 12.2 Å². The monoisotopic (exact) mass is 247 g/mol. The standard InChI is InChI=1S/C10H15F2N3S/c1-15(5-8(11)12)10-14-9(6-2-3-6)7(4-13)16-10/h6,8H,2-5,13H2,1H3. The summed E-state index contributed by atoms with van der Waals surface area (Å²) in [6.45, 7) is 0.174. The third-order valence-electron chi connectivity index (χ3n) is 2.60. The summed E-state index contributed by atoms with van der Waals surface area (Å²) in [4.78, 5) is 6.97. The number of thiazole rings is 1. The summed E-state index contributed by atoms with van der Waals surface area (Å²) in [5.41, 5.74) is 6.67. The topological polar surface area (TPSA) is 42.2 Å². The van der Waals surface area contributed by atoms with Crippen molar-refractivity contribution in [2.24, 2.45) is 5.73 Å². The molecule has 0 saturated heterocycles. The van der Waals surface area contributed by atoms with Crippen molar-refractivity contribution in [1.29, 1.82) is 0 Å². The Morgan fingerprint density at radius 3 is 2.75 bits per heavy atom. The van der Waals surface area contributed by atoms with E-state index in [0.717, 1.165) is 23.4 Å². The molecule has 1 aliphatic carbocycles. The van der Waals surface area contributed by atoms with Crippen molar-refractivity contribution in [2.45, 2.75) is 31.7 Å². The van der Waals surface area contributed by atoms with Crippen LogP contribution in [0.15, 0.2) is 0 Å². The first-order valence-corrected chi connectivity index (χ1v) is 6.12. The van der Waals surface area contributed by atoms with Crippen LogP contribution >= 0.6 is 11.3 Å². The molecule has 0 amide bonds. The van der Waals surface area contributed by atoms with Gasteiger partial charge in [0.2, 0.25) is 0 Å². The molecule has 1 aromatic heterocycles. The summed E-state index contributed by atoms with van der Waals surface area (Å²) in [6.07, 6.45) is -0.0386. The summed E-state index contributed by atoms with van der Waals surface area (Å²) in [5.74, 6) is 0.517. The number of halogens is 2. The molecule has 2 rings (SSSR count). The van der Waals surface area contributed by atoms with Crippen LogP contribution in [0.2, 0.25) is 0 Å². The number of hydrogen-bond acceptors (Lipinski definition) is 4. The molecule has 3 nitrogen and oxygen atoms in total. The van der Waals surface area contributed by atoms with Crippen molar-refractivity contribution in [3.8, 4) is 0 Å². The molecule has 1 aromatic rings. The Labute approximate surface area is 97.3 Å². The maximum Gasteiger partial charge on any atom is 0.255 e. The van der Waals surface area contributed by atoms with Gasteiger partial charge in [0, 0.05) is 24.4 Å². The molecule has 1 fully saturated rings. The number of hydrogen-bond donors (Lipinski definition) is 1. The molecule has 1 saturated carbocycles. The zero-order valence-corrected chi connectivity index (χ0v) is 9.94. The van der Waals surface area contributed by atoms with Crippen molar-refractivity contribution < 1.29 is 8.78 Å². The third kappa shape index (κ3) is 2.49. The van der Waals surface area contributed by atoms with Crippen molar-refractivity contribution in [1.82, 2.24) is 4.98 Å². The van der Waals surface area contributed by atoms with Gasteiger partial charge >= 0.3 is 0 Å². The summed E-state index contributed by atoms with van der Waals surface area (Å²) in [5, 5.41) is 0.655. The lowest BCUT2D eigenvalue weighted by Gasteiger charge is -2.14. The van der Waals surface area contributed by atoms with Gasteiger partial charge in [0.1, 0.15) is 0 Å². The lowest BCUT2D eigenvalue weighted by Crippen LogP contribution is -2.23. The van der Waals surface area contributed by atoms with E-state index >= 15 is 0 Å². The molecule has 0 aliphatic heterocycles. The maximum atomic E-state index is 12.2. The molecular formula is C10H15F2N3S. The molecule has 16 heavy (non-hydrogen) atoms. The van der Waals surface area contributed by atoms with E-state index in [1.165, 1.54) is 16.2 Å². The number of alkyl halides is 2. The molecule has 90 valence electrons. The molecule has 6 heteroatoms. The van der Waals surface area contributed by atoms with Gasteiger partial charge in [-0.1, -0.05) is 0 Å². The van der Waals surface area contributed by atoms with Crippen LogP contribution in [0.5, 0.6) is 0 Å². The quantitative estimate of drug-likeness (QED) is 0.867. The van der Waals surface area contributed by atoms with Gasteiger partial charge < -0.3 is 10.6 Å². The molecule has 0 bridgehead atoms. The second-order valence-electron chi connectivity index (χ2n) is 4.05. The van der Waals surface area contributed by atoms with Gasteiger partial charge in [-0.05, 0) is 12.8 Å². The molecule has 0 spiro atoms. The van der Waals surface area contributed by atoms with Crippen molar-refractivity contribution in [3.63, 3.8) is 0 Å². The number of nitrogens with two attached hydrogens (primary N) is 1. The fraction of sp³-hybridized carbons (Fsp3) is 0.700. The molecule has 0 atom stereocenters. The van der Waals surface area contributed by atoms with Gasteiger partial charge in [-0.25, -0.2) is 13.8 Å². The first-order chi connectivity index (χ1) is 7.61. The van der Waals surface area contributed by atoms with E-state index in [4.69, 9.17) is 5.73 Å². The Morgan fingerprint density at radius 2 is 2.25 bits per heavy atom. The molecule has 1 heterocycles. The van der Waals surface area contributed by atoms with Gasteiger partial charge in [-0.15, -0.1) is 11.3 Å². The van der Waals surface area contributed by atoms with E-state index < -0.39 is 6.43 Å².